The largest absolute Gasteiger partial charge is 0.508 e. The van der Waals surface area contributed by atoms with E-state index < -0.39 is 0 Å². The topological polar surface area (TPSA) is 20.2 Å². The Hall–Kier alpha value is 0.310. The maximum absolute atomic E-state index is 8.70. The van der Waals surface area contributed by atoms with E-state index in [1.807, 2.05) is 0 Å². The normalized spacial score (nSPS) is 8.11. The van der Waals surface area contributed by atoms with Crippen molar-refractivity contribution < 1.29 is 5.11 Å². The Labute approximate surface area is 80.9 Å². The van der Waals surface area contributed by atoms with Crippen LogP contribution in [0.4, 0.5) is 0 Å². The molecule has 1 aromatic rings. The summed E-state index contributed by atoms with van der Waals surface area (Å²) in [6.07, 6.45) is 0. The monoisotopic (exact) mass is 151 g/mol. The summed E-state index contributed by atoms with van der Waals surface area (Å²) in [6, 6.07) is 6.36. The molecule has 3 heteroatoms. The van der Waals surface area contributed by atoms with Gasteiger partial charge in [0, 0.05) is 34.6 Å². The zero-order valence-corrected chi connectivity index (χ0v) is 7.89. The summed E-state index contributed by atoms with van der Waals surface area (Å²) in [7, 11) is 0. The van der Waals surface area contributed by atoms with Gasteiger partial charge in [0.25, 0.3) is 0 Å². The fraction of sp³-hybridized carbons (Fsp3) is 0. The van der Waals surface area contributed by atoms with Crippen LogP contribution in [0.1, 0.15) is 0 Å². The van der Waals surface area contributed by atoms with Gasteiger partial charge in [0.1, 0.15) is 5.75 Å². The van der Waals surface area contributed by atoms with Crippen LogP contribution in [0.5, 0.6) is 5.75 Å². The second-order valence-electron chi connectivity index (χ2n) is 1.48. The Morgan fingerprint density at radius 1 is 1.11 bits per heavy atom. The van der Waals surface area contributed by atoms with E-state index in [4.69, 9.17) is 16.7 Å². The molecule has 0 aliphatic carbocycles. The molecular weight excluding hydrogens is 147 g/mol. The van der Waals surface area contributed by atoms with Crippen molar-refractivity contribution in [2.45, 2.75) is 0 Å². The molecular formula is C6H5ClNaO. The van der Waals surface area contributed by atoms with E-state index in [1.165, 1.54) is 0 Å². The van der Waals surface area contributed by atoms with E-state index in [0.29, 0.717) is 5.02 Å². The van der Waals surface area contributed by atoms with Gasteiger partial charge < -0.3 is 5.11 Å². The standard InChI is InChI=1S/C6H5ClO.Na/c7-5-1-3-6(8)4-2-5;/h1-4,8H;. The van der Waals surface area contributed by atoms with Gasteiger partial charge in [-0.3, -0.25) is 0 Å². The average molecular weight is 152 g/mol. The van der Waals surface area contributed by atoms with Crippen molar-refractivity contribution in [3.8, 4) is 5.75 Å². The van der Waals surface area contributed by atoms with Crippen LogP contribution in [0.25, 0.3) is 0 Å². The van der Waals surface area contributed by atoms with E-state index in [2.05, 4.69) is 0 Å². The SMILES string of the molecule is Oc1ccc(Cl)cc1.[Na]. The van der Waals surface area contributed by atoms with Gasteiger partial charge >= 0.3 is 0 Å². The Kier molecular flexibility index (Phi) is 4.32. The summed E-state index contributed by atoms with van der Waals surface area (Å²) in [5, 5.41) is 9.34. The van der Waals surface area contributed by atoms with Gasteiger partial charge in [-0.15, -0.1) is 0 Å². The fourth-order valence-electron chi connectivity index (χ4n) is 0.441. The number of hydrogen-bond acceptors (Lipinski definition) is 1. The van der Waals surface area contributed by atoms with Gasteiger partial charge in [-0.2, -0.15) is 0 Å². The zero-order chi connectivity index (χ0) is 5.98. The van der Waals surface area contributed by atoms with Gasteiger partial charge in [-0.05, 0) is 24.3 Å². The molecule has 0 bridgehead atoms. The summed E-state index contributed by atoms with van der Waals surface area (Å²) in [5.41, 5.74) is 0. The zero-order valence-electron chi connectivity index (χ0n) is 5.13. The number of benzene rings is 1. The van der Waals surface area contributed by atoms with Crippen molar-refractivity contribution in [2.75, 3.05) is 0 Å². The second kappa shape index (κ2) is 4.18. The summed E-state index contributed by atoms with van der Waals surface area (Å²) in [4.78, 5) is 0. The summed E-state index contributed by atoms with van der Waals surface area (Å²) in [5.74, 6) is 0.245. The van der Waals surface area contributed by atoms with Crippen LogP contribution in [-0.2, 0) is 0 Å². The van der Waals surface area contributed by atoms with E-state index >= 15 is 0 Å². The molecule has 9 heavy (non-hydrogen) atoms. The van der Waals surface area contributed by atoms with Crippen molar-refractivity contribution in [2.24, 2.45) is 0 Å². The van der Waals surface area contributed by atoms with Crippen molar-refractivity contribution in [3.05, 3.63) is 29.3 Å². The third-order valence-electron chi connectivity index (χ3n) is 0.827. The molecule has 1 rings (SSSR count). The second-order valence-corrected chi connectivity index (χ2v) is 1.91. The first kappa shape index (κ1) is 9.31. The van der Waals surface area contributed by atoms with Crippen LogP contribution in [0.15, 0.2) is 24.3 Å². The van der Waals surface area contributed by atoms with Crippen LogP contribution >= 0.6 is 11.6 Å². The van der Waals surface area contributed by atoms with Crippen molar-refractivity contribution >= 4 is 41.2 Å². The fourth-order valence-corrected chi connectivity index (χ4v) is 0.567. The molecule has 43 valence electrons. The molecule has 0 spiro atoms. The number of phenolic OH excluding ortho intramolecular Hbond substituents is 1. The minimum atomic E-state index is 0. The van der Waals surface area contributed by atoms with E-state index in [0.717, 1.165) is 0 Å². The Bertz CT molecular complexity index is 152. The van der Waals surface area contributed by atoms with Gasteiger partial charge in [0.15, 0.2) is 0 Å². The number of phenols is 1. The molecule has 0 fully saturated rings. The number of aromatic hydroxyl groups is 1. The minimum Gasteiger partial charge on any atom is -0.508 e. The molecule has 0 aromatic heterocycles. The predicted octanol–water partition coefficient (Wildman–Crippen LogP) is 1.66. The molecule has 0 saturated heterocycles. The third kappa shape index (κ3) is 3.11. The van der Waals surface area contributed by atoms with Crippen molar-refractivity contribution in [1.29, 1.82) is 0 Å². The van der Waals surface area contributed by atoms with E-state index in [1.54, 1.807) is 24.3 Å². The van der Waals surface area contributed by atoms with Gasteiger partial charge in [0.2, 0.25) is 0 Å². The Morgan fingerprint density at radius 2 is 1.56 bits per heavy atom. The molecule has 1 N–H and O–H groups in total. The van der Waals surface area contributed by atoms with Gasteiger partial charge in [-0.25, -0.2) is 0 Å². The summed E-state index contributed by atoms with van der Waals surface area (Å²) >= 11 is 5.50. The number of halogens is 1. The number of rotatable bonds is 0. The summed E-state index contributed by atoms with van der Waals surface area (Å²) < 4.78 is 0. The maximum Gasteiger partial charge on any atom is 0.115 e. The van der Waals surface area contributed by atoms with Crippen LogP contribution in [0.3, 0.4) is 0 Å². The molecule has 0 saturated carbocycles. The van der Waals surface area contributed by atoms with Gasteiger partial charge in [-0.1, -0.05) is 11.6 Å². The van der Waals surface area contributed by atoms with Crippen LogP contribution < -0.4 is 0 Å². The number of hydrogen-bond donors (Lipinski definition) is 1. The van der Waals surface area contributed by atoms with Gasteiger partial charge in [0.05, 0.1) is 0 Å². The minimum absolute atomic E-state index is 0. The molecule has 1 radical (unpaired) electrons. The average Bonchev–Trinajstić information content (AvgIpc) is 1.77. The molecule has 1 aromatic carbocycles. The van der Waals surface area contributed by atoms with Crippen LogP contribution in [0.2, 0.25) is 5.02 Å². The maximum atomic E-state index is 8.70. The Morgan fingerprint density at radius 3 is 1.89 bits per heavy atom. The van der Waals surface area contributed by atoms with Crippen LogP contribution in [-0.4, -0.2) is 34.7 Å². The molecule has 0 amide bonds. The predicted molar refractivity (Wildman–Crippen MR) is 38.9 cm³/mol. The molecule has 0 atom stereocenters. The first-order valence-corrected chi connectivity index (χ1v) is 2.61. The summed E-state index contributed by atoms with van der Waals surface area (Å²) in [6.45, 7) is 0. The molecule has 0 aliphatic rings. The third-order valence-corrected chi connectivity index (χ3v) is 1.08. The molecule has 0 unspecified atom stereocenters. The quantitative estimate of drug-likeness (QED) is 0.560. The van der Waals surface area contributed by atoms with Crippen molar-refractivity contribution in [1.82, 2.24) is 0 Å². The first-order chi connectivity index (χ1) is 3.79. The smallest absolute Gasteiger partial charge is 0.115 e. The van der Waals surface area contributed by atoms with Crippen LogP contribution in [0, 0.1) is 0 Å². The van der Waals surface area contributed by atoms with E-state index in [-0.39, 0.29) is 35.3 Å². The molecule has 0 aliphatic heterocycles. The van der Waals surface area contributed by atoms with E-state index in [9.17, 15) is 0 Å². The first-order valence-electron chi connectivity index (χ1n) is 2.23. The molecule has 0 heterocycles. The molecule has 1 nitrogen and oxygen atoms in total. The Balaban J connectivity index is 0.000000640. The van der Waals surface area contributed by atoms with Crippen molar-refractivity contribution in [3.63, 3.8) is 0 Å².